The van der Waals surface area contributed by atoms with Crippen LogP contribution in [-0.4, -0.2) is 13.4 Å². The van der Waals surface area contributed by atoms with Gasteiger partial charge < -0.3 is 9.53 Å². The highest BCUT2D eigenvalue weighted by Gasteiger charge is 2.04. The number of rotatable bonds is 3. The Morgan fingerprint density at radius 3 is 2.77 bits per heavy atom. The van der Waals surface area contributed by atoms with E-state index in [1.165, 1.54) is 0 Å². The maximum atomic E-state index is 10.3. The van der Waals surface area contributed by atoms with Gasteiger partial charge in [0.2, 0.25) is 0 Å². The number of aryl methyl sites for hydroxylation is 1. The fourth-order valence-electron chi connectivity index (χ4n) is 1.19. The van der Waals surface area contributed by atoms with Gasteiger partial charge in [-0.05, 0) is 24.1 Å². The summed E-state index contributed by atoms with van der Waals surface area (Å²) >= 11 is 3.38. The molecule has 1 aromatic carbocycles. The van der Waals surface area contributed by atoms with Crippen molar-refractivity contribution in [2.24, 2.45) is 0 Å². The highest BCUT2D eigenvalue weighted by atomic mass is 79.9. The topological polar surface area (TPSA) is 26.3 Å². The minimum Gasteiger partial charge on any atom is -0.496 e. The second kappa shape index (κ2) is 4.42. The van der Waals surface area contributed by atoms with Gasteiger partial charge in [-0.3, -0.25) is 0 Å². The quantitative estimate of drug-likeness (QED) is 0.762. The molecule has 0 N–H and O–H groups in total. The molecule has 0 aliphatic rings. The van der Waals surface area contributed by atoms with E-state index in [9.17, 15) is 4.79 Å². The first-order valence-corrected chi connectivity index (χ1v) is 4.75. The van der Waals surface area contributed by atoms with Crippen LogP contribution in [0.2, 0.25) is 0 Å². The molecule has 1 aromatic rings. The molecule has 2 nitrogen and oxygen atoms in total. The summed E-state index contributed by atoms with van der Waals surface area (Å²) < 4.78 is 6.06. The van der Waals surface area contributed by atoms with E-state index in [1.54, 1.807) is 7.11 Å². The standard InChI is InChI=1S/C10H11BrO2/c1-7-5-8(3-4-12)9(11)6-10(7)13-2/h4-6H,3H2,1-2H3. The van der Waals surface area contributed by atoms with E-state index in [0.717, 1.165) is 27.6 Å². The van der Waals surface area contributed by atoms with Crippen LogP contribution in [0, 0.1) is 6.92 Å². The molecule has 0 saturated heterocycles. The Hall–Kier alpha value is -0.830. The average Bonchev–Trinajstić information content (AvgIpc) is 2.11. The molecular formula is C10H11BrO2. The number of halogens is 1. The van der Waals surface area contributed by atoms with Gasteiger partial charge in [-0.25, -0.2) is 0 Å². The Balaban J connectivity index is 3.12. The molecule has 0 saturated carbocycles. The third-order valence-corrected chi connectivity index (χ3v) is 2.61. The van der Waals surface area contributed by atoms with Gasteiger partial charge in [-0.15, -0.1) is 0 Å². The van der Waals surface area contributed by atoms with Crippen molar-refractivity contribution >= 4 is 22.2 Å². The highest BCUT2D eigenvalue weighted by Crippen LogP contribution is 2.26. The largest absolute Gasteiger partial charge is 0.496 e. The SMILES string of the molecule is COc1cc(Br)c(CC=O)cc1C. The fraction of sp³-hybridized carbons (Fsp3) is 0.300. The maximum Gasteiger partial charge on any atom is 0.124 e. The fourth-order valence-corrected chi connectivity index (χ4v) is 1.67. The normalized spacial score (nSPS) is 9.77. The van der Waals surface area contributed by atoms with Gasteiger partial charge in [0.25, 0.3) is 0 Å². The van der Waals surface area contributed by atoms with Crippen molar-refractivity contribution in [1.29, 1.82) is 0 Å². The van der Waals surface area contributed by atoms with Gasteiger partial charge in [0, 0.05) is 10.9 Å². The van der Waals surface area contributed by atoms with Crippen LogP contribution in [0.1, 0.15) is 11.1 Å². The lowest BCUT2D eigenvalue weighted by atomic mass is 10.1. The highest BCUT2D eigenvalue weighted by molar-refractivity contribution is 9.10. The summed E-state index contributed by atoms with van der Waals surface area (Å²) in [6, 6.07) is 3.84. The number of methoxy groups -OCH3 is 1. The zero-order valence-electron chi connectivity index (χ0n) is 7.63. The molecule has 0 unspecified atom stereocenters. The molecular weight excluding hydrogens is 232 g/mol. The van der Waals surface area contributed by atoms with Crippen LogP contribution in [0.5, 0.6) is 5.75 Å². The summed E-state index contributed by atoms with van der Waals surface area (Å²) in [5.74, 6) is 0.835. The van der Waals surface area contributed by atoms with Crippen molar-refractivity contribution in [3.05, 3.63) is 27.7 Å². The molecule has 0 aromatic heterocycles. The lowest BCUT2D eigenvalue weighted by molar-refractivity contribution is -0.107. The smallest absolute Gasteiger partial charge is 0.124 e. The molecule has 13 heavy (non-hydrogen) atoms. The number of benzene rings is 1. The van der Waals surface area contributed by atoms with Gasteiger partial charge in [0.15, 0.2) is 0 Å². The minimum absolute atomic E-state index is 0.436. The summed E-state index contributed by atoms with van der Waals surface area (Å²) in [5, 5.41) is 0. The molecule has 0 radical (unpaired) electrons. The van der Waals surface area contributed by atoms with Crippen molar-refractivity contribution in [3.63, 3.8) is 0 Å². The molecule has 0 fully saturated rings. The predicted molar refractivity (Wildman–Crippen MR) is 55.2 cm³/mol. The molecule has 70 valence electrons. The number of aldehydes is 1. The third kappa shape index (κ3) is 2.31. The van der Waals surface area contributed by atoms with Gasteiger partial charge in [0.05, 0.1) is 7.11 Å². The lowest BCUT2D eigenvalue weighted by Crippen LogP contribution is -1.93. The average molecular weight is 243 g/mol. The van der Waals surface area contributed by atoms with Crippen molar-refractivity contribution in [2.45, 2.75) is 13.3 Å². The summed E-state index contributed by atoms with van der Waals surface area (Å²) in [7, 11) is 1.63. The van der Waals surface area contributed by atoms with E-state index in [0.29, 0.717) is 6.42 Å². The Morgan fingerprint density at radius 2 is 2.23 bits per heavy atom. The van der Waals surface area contributed by atoms with Crippen LogP contribution in [-0.2, 0) is 11.2 Å². The lowest BCUT2D eigenvalue weighted by Gasteiger charge is -2.07. The van der Waals surface area contributed by atoms with Crippen LogP contribution in [0.4, 0.5) is 0 Å². The molecule has 0 spiro atoms. The Morgan fingerprint density at radius 1 is 1.54 bits per heavy atom. The second-order valence-electron chi connectivity index (χ2n) is 2.78. The zero-order valence-corrected chi connectivity index (χ0v) is 9.22. The first kappa shape index (κ1) is 10.3. The molecule has 0 aliphatic carbocycles. The van der Waals surface area contributed by atoms with Crippen molar-refractivity contribution in [1.82, 2.24) is 0 Å². The van der Waals surface area contributed by atoms with Crippen molar-refractivity contribution in [3.8, 4) is 5.75 Å². The van der Waals surface area contributed by atoms with Crippen LogP contribution in [0.15, 0.2) is 16.6 Å². The van der Waals surface area contributed by atoms with Gasteiger partial charge >= 0.3 is 0 Å². The second-order valence-corrected chi connectivity index (χ2v) is 3.64. The first-order chi connectivity index (χ1) is 6.19. The van der Waals surface area contributed by atoms with E-state index in [-0.39, 0.29) is 0 Å². The number of ether oxygens (including phenoxy) is 1. The Labute approximate surface area is 86.0 Å². The molecule has 0 aliphatic heterocycles. The van der Waals surface area contributed by atoms with Crippen molar-refractivity contribution < 1.29 is 9.53 Å². The third-order valence-electron chi connectivity index (χ3n) is 1.87. The molecule has 1 rings (SSSR count). The van der Waals surface area contributed by atoms with Crippen LogP contribution in [0.3, 0.4) is 0 Å². The first-order valence-electron chi connectivity index (χ1n) is 3.95. The predicted octanol–water partition coefficient (Wildman–Crippen LogP) is 2.51. The zero-order chi connectivity index (χ0) is 9.84. The summed E-state index contributed by atoms with van der Waals surface area (Å²) in [5.41, 5.74) is 2.04. The van der Waals surface area contributed by atoms with Gasteiger partial charge in [-0.2, -0.15) is 0 Å². The van der Waals surface area contributed by atoms with Crippen LogP contribution in [0.25, 0.3) is 0 Å². The van der Waals surface area contributed by atoms with Gasteiger partial charge in [0.1, 0.15) is 12.0 Å². The Kier molecular flexibility index (Phi) is 3.48. The van der Waals surface area contributed by atoms with Crippen LogP contribution < -0.4 is 4.74 Å². The number of carbonyl (C=O) groups excluding carboxylic acids is 1. The van der Waals surface area contributed by atoms with E-state index in [1.807, 2.05) is 19.1 Å². The van der Waals surface area contributed by atoms with E-state index in [2.05, 4.69) is 15.9 Å². The summed E-state index contributed by atoms with van der Waals surface area (Å²) in [6.07, 6.45) is 1.33. The molecule has 0 amide bonds. The van der Waals surface area contributed by atoms with E-state index in [4.69, 9.17) is 4.74 Å². The summed E-state index contributed by atoms with van der Waals surface area (Å²) in [6.45, 7) is 1.96. The number of hydrogen-bond donors (Lipinski definition) is 0. The van der Waals surface area contributed by atoms with Crippen molar-refractivity contribution in [2.75, 3.05) is 7.11 Å². The number of hydrogen-bond acceptors (Lipinski definition) is 2. The maximum absolute atomic E-state index is 10.3. The Bertz CT molecular complexity index is 321. The van der Waals surface area contributed by atoms with E-state index < -0.39 is 0 Å². The number of carbonyl (C=O) groups is 1. The monoisotopic (exact) mass is 242 g/mol. The van der Waals surface area contributed by atoms with Gasteiger partial charge in [-0.1, -0.05) is 22.0 Å². The summed E-state index contributed by atoms with van der Waals surface area (Å²) in [4.78, 5) is 10.3. The molecule has 0 heterocycles. The van der Waals surface area contributed by atoms with E-state index >= 15 is 0 Å². The van der Waals surface area contributed by atoms with Crippen LogP contribution >= 0.6 is 15.9 Å². The molecule has 0 atom stereocenters. The molecule has 3 heteroatoms. The molecule has 0 bridgehead atoms. The minimum atomic E-state index is 0.436.